The lowest BCUT2D eigenvalue weighted by Gasteiger charge is -2.06. The number of hydrogen-bond donors (Lipinski definition) is 0. The fourth-order valence-electron chi connectivity index (χ4n) is 2.31. The Labute approximate surface area is 155 Å². The molecule has 2 nitrogen and oxygen atoms in total. The van der Waals surface area contributed by atoms with E-state index in [0.29, 0.717) is 0 Å². The number of aryl methyl sites for hydroxylation is 1. The molecule has 0 atom stereocenters. The Balaban J connectivity index is 0.00000192. The summed E-state index contributed by atoms with van der Waals surface area (Å²) in [4.78, 5) is 5.74. The van der Waals surface area contributed by atoms with Gasteiger partial charge in [-0.2, -0.15) is 0 Å². The molecule has 0 aliphatic heterocycles. The van der Waals surface area contributed by atoms with Crippen LogP contribution in [0.25, 0.3) is 11.3 Å². The maximum Gasteiger partial charge on any atom is 0.190 e. The van der Waals surface area contributed by atoms with Gasteiger partial charge in [-0.25, -0.2) is 4.99 Å². The summed E-state index contributed by atoms with van der Waals surface area (Å²) in [7, 11) is 0. The minimum atomic E-state index is 0. The van der Waals surface area contributed by atoms with Crippen molar-refractivity contribution in [2.24, 2.45) is 4.99 Å². The Morgan fingerprint density at radius 2 is 1.70 bits per heavy atom. The molecule has 0 fully saturated rings. The minimum Gasteiger partial charge on any atom is -0.317 e. The quantitative estimate of drug-likeness (QED) is 0.504. The molecular formula is C18H18BrClN2S. The van der Waals surface area contributed by atoms with Crippen LogP contribution in [0.3, 0.4) is 0 Å². The van der Waals surface area contributed by atoms with Crippen molar-refractivity contribution in [2.75, 3.05) is 0 Å². The molecule has 0 saturated carbocycles. The first-order chi connectivity index (χ1) is 10.7. The summed E-state index contributed by atoms with van der Waals surface area (Å²) in [6.07, 6.45) is 0. The van der Waals surface area contributed by atoms with Crippen LogP contribution in [0.1, 0.15) is 12.5 Å². The Morgan fingerprint density at radius 1 is 1.04 bits per heavy atom. The molecule has 1 aromatic heterocycles. The summed E-state index contributed by atoms with van der Waals surface area (Å²) in [5.74, 6) is 0. The Hall–Kier alpha value is -1.36. The molecule has 0 radical (unpaired) electrons. The number of hydrogen-bond acceptors (Lipinski definition) is 2. The molecule has 0 amide bonds. The number of halogens is 2. The molecule has 0 aliphatic carbocycles. The molecule has 0 spiro atoms. The summed E-state index contributed by atoms with van der Waals surface area (Å²) in [6.45, 7) is 5.14. The lowest BCUT2D eigenvalue weighted by Crippen LogP contribution is -2.14. The highest BCUT2D eigenvalue weighted by atomic mass is 79.9. The van der Waals surface area contributed by atoms with Gasteiger partial charge in [0, 0.05) is 16.9 Å². The number of nitrogens with zero attached hydrogens (tertiary/aromatic N) is 2. The summed E-state index contributed by atoms with van der Waals surface area (Å²) in [5, 5.41) is 2.90. The molecule has 3 rings (SSSR count). The zero-order valence-electron chi connectivity index (χ0n) is 13.0. The van der Waals surface area contributed by atoms with Crippen LogP contribution in [0, 0.1) is 6.92 Å². The fourth-order valence-corrected chi connectivity index (χ4v) is 3.42. The van der Waals surface area contributed by atoms with Crippen LogP contribution >= 0.6 is 39.9 Å². The van der Waals surface area contributed by atoms with Gasteiger partial charge in [-0.1, -0.05) is 41.4 Å². The van der Waals surface area contributed by atoms with Crippen molar-refractivity contribution in [3.8, 4) is 11.3 Å². The van der Waals surface area contributed by atoms with Gasteiger partial charge in [-0.05, 0) is 43.7 Å². The van der Waals surface area contributed by atoms with Gasteiger partial charge in [0.25, 0.3) is 0 Å². The molecule has 120 valence electrons. The average Bonchev–Trinajstić information content (AvgIpc) is 2.93. The second-order valence-corrected chi connectivity index (χ2v) is 6.38. The average molecular weight is 410 g/mol. The van der Waals surface area contributed by atoms with E-state index < -0.39 is 0 Å². The highest BCUT2D eigenvalue weighted by molar-refractivity contribution is 8.93. The van der Waals surface area contributed by atoms with Crippen molar-refractivity contribution in [1.82, 2.24) is 4.57 Å². The largest absolute Gasteiger partial charge is 0.317 e. The second kappa shape index (κ2) is 7.95. The molecule has 0 unspecified atom stereocenters. The van der Waals surface area contributed by atoms with Crippen molar-refractivity contribution < 1.29 is 0 Å². The predicted octanol–water partition coefficient (Wildman–Crippen LogP) is 6.01. The van der Waals surface area contributed by atoms with E-state index >= 15 is 0 Å². The Kier molecular flexibility index (Phi) is 6.22. The van der Waals surface area contributed by atoms with Crippen LogP contribution in [0.15, 0.2) is 58.9 Å². The first kappa shape index (κ1) is 18.0. The van der Waals surface area contributed by atoms with E-state index in [1.54, 1.807) is 11.3 Å². The lowest BCUT2D eigenvalue weighted by atomic mass is 10.1. The van der Waals surface area contributed by atoms with Crippen LogP contribution in [0.2, 0.25) is 5.02 Å². The van der Waals surface area contributed by atoms with Crippen molar-refractivity contribution in [2.45, 2.75) is 20.4 Å². The first-order valence-electron chi connectivity index (χ1n) is 7.23. The van der Waals surface area contributed by atoms with E-state index in [0.717, 1.165) is 22.1 Å². The van der Waals surface area contributed by atoms with Gasteiger partial charge < -0.3 is 4.57 Å². The van der Waals surface area contributed by atoms with Crippen LogP contribution in [0.5, 0.6) is 0 Å². The number of benzene rings is 2. The third kappa shape index (κ3) is 4.14. The molecule has 5 heteroatoms. The Bertz CT molecular complexity index is 833. The number of thiazole rings is 1. The molecule has 0 bridgehead atoms. The van der Waals surface area contributed by atoms with Gasteiger partial charge in [0.05, 0.1) is 11.4 Å². The minimum absolute atomic E-state index is 0. The normalized spacial score (nSPS) is 11.3. The molecule has 1 heterocycles. The number of rotatable bonds is 3. The maximum absolute atomic E-state index is 5.93. The van der Waals surface area contributed by atoms with Crippen molar-refractivity contribution in [1.29, 1.82) is 0 Å². The highest BCUT2D eigenvalue weighted by Gasteiger charge is 2.06. The van der Waals surface area contributed by atoms with Crippen LogP contribution in [0.4, 0.5) is 5.69 Å². The van der Waals surface area contributed by atoms with Crippen LogP contribution in [-0.2, 0) is 6.54 Å². The molecule has 0 aliphatic rings. The molecule has 3 aromatic rings. The predicted molar refractivity (Wildman–Crippen MR) is 105 cm³/mol. The molecular weight excluding hydrogens is 392 g/mol. The van der Waals surface area contributed by atoms with Gasteiger partial charge in [0.2, 0.25) is 0 Å². The Morgan fingerprint density at radius 3 is 2.30 bits per heavy atom. The molecule has 0 saturated heterocycles. The van der Waals surface area contributed by atoms with E-state index in [4.69, 9.17) is 16.6 Å². The third-order valence-corrected chi connectivity index (χ3v) is 4.63. The summed E-state index contributed by atoms with van der Waals surface area (Å²) in [5.41, 5.74) is 4.62. The summed E-state index contributed by atoms with van der Waals surface area (Å²) >= 11 is 7.59. The van der Waals surface area contributed by atoms with E-state index in [1.165, 1.54) is 16.8 Å². The van der Waals surface area contributed by atoms with Gasteiger partial charge in [-0.3, -0.25) is 0 Å². The zero-order chi connectivity index (χ0) is 15.5. The summed E-state index contributed by atoms with van der Waals surface area (Å²) in [6, 6.07) is 16.2. The smallest absolute Gasteiger partial charge is 0.190 e. The zero-order valence-corrected chi connectivity index (χ0v) is 16.3. The van der Waals surface area contributed by atoms with Gasteiger partial charge in [-0.15, -0.1) is 28.3 Å². The molecule has 0 N–H and O–H groups in total. The van der Waals surface area contributed by atoms with E-state index in [2.05, 4.69) is 48.1 Å². The standard InChI is InChI=1S/C18H17ClN2S.BrH/c1-3-21-17(14-6-4-13(2)5-7-14)12-22-18(21)20-16-10-8-15(19)9-11-16;/h4-12H,3H2,1-2H3;1H. The van der Waals surface area contributed by atoms with E-state index in [-0.39, 0.29) is 17.0 Å². The van der Waals surface area contributed by atoms with Crippen molar-refractivity contribution in [3.05, 3.63) is 69.3 Å². The SMILES string of the molecule is Br.CCn1c(-c2ccc(C)cc2)csc1=Nc1ccc(Cl)cc1. The van der Waals surface area contributed by atoms with Crippen LogP contribution in [-0.4, -0.2) is 4.57 Å². The molecule has 2 aromatic carbocycles. The third-order valence-electron chi connectivity index (χ3n) is 3.51. The first-order valence-corrected chi connectivity index (χ1v) is 8.49. The molecule has 23 heavy (non-hydrogen) atoms. The maximum atomic E-state index is 5.93. The van der Waals surface area contributed by atoms with Crippen molar-refractivity contribution >= 4 is 45.6 Å². The number of aromatic nitrogens is 1. The monoisotopic (exact) mass is 408 g/mol. The van der Waals surface area contributed by atoms with Gasteiger partial charge >= 0.3 is 0 Å². The highest BCUT2D eigenvalue weighted by Crippen LogP contribution is 2.21. The van der Waals surface area contributed by atoms with E-state index in [1.807, 2.05) is 24.3 Å². The van der Waals surface area contributed by atoms with Crippen molar-refractivity contribution in [3.63, 3.8) is 0 Å². The van der Waals surface area contributed by atoms with Crippen LogP contribution < -0.4 is 4.80 Å². The van der Waals surface area contributed by atoms with E-state index in [9.17, 15) is 0 Å². The second-order valence-electron chi connectivity index (χ2n) is 5.10. The van der Waals surface area contributed by atoms with Gasteiger partial charge in [0.1, 0.15) is 0 Å². The lowest BCUT2D eigenvalue weighted by molar-refractivity contribution is 0.745. The topological polar surface area (TPSA) is 17.3 Å². The van der Waals surface area contributed by atoms with Gasteiger partial charge in [0.15, 0.2) is 4.80 Å². The summed E-state index contributed by atoms with van der Waals surface area (Å²) < 4.78 is 2.24. The fraction of sp³-hybridized carbons (Fsp3) is 0.167.